The molecular formula is C44H32MgN4. The molecule has 7 aromatic rings. The molecule has 5 heteroatoms. The third-order valence-electron chi connectivity index (χ3n) is 8.89. The standard InChI is InChI=1S/C44H30N4.Mg.2H/c1-5-13-29(14-6-1)38-27-37-26-35-22-21-33(45-35)25-34-23-24-36(46-34)28-39-40(30-15-7-2-8-16-30)41(31-17-9-3-10-18-31)44(48-39)42(43(38)47-37)32-19-11-4-12-20-32;;;/h1-28,45,48H;;;/q;+2;2*-1. The maximum atomic E-state index is 5.42. The van der Waals surface area contributed by atoms with Crippen LogP contribution in [-0.4, -0.2) is 43.0 Å². The molecule has 230 valence electrons. The molecule has 4 aromatic carbocycles. The van der Waals surface area contributed by atoms with Crippen LogP contribution in [0.1, 0.15) is 31.2 Å². The molecule has 2 aliphatic heterocycles. The van der Waals surface area contributed by atoms with E-state index in [-0.39, 0.29) is 25.9 Å². The number of aromatic amines is 2. The van der Waals surface area contributed by atoms with E-state index in [1.54, 1.807) is 0 Å². The predicted molar refractivity (Wildman–Crippen MR) is 208 cm³/mol. The van der Waals surface area contributed by atoms with Gasteiger partial charge in [0.25, 0.3) is 0 Å². The van der Waals surface area contributed by atoms with E-state index in [0.717, 1.165) is 89.4 Å². The zero-order valence-corrected chi connectivity index (χ0v) is 28.2. The van der Waals surface area contributed by atoms with E-state index in [0.29, 0.717) is 0 Å². The van der Waals surface area contributed by atoms with Gasteiger partial charge in [-0.3, -0.25) is 0 Å². The first-order chi connectivity index (χ1) is 23.8. The minimum atomic E-state index is 0. The van der Waals surface area contributed by atoms with Gasteiger partial charge in [-0.25, -0.2) is 9.97 Å². The summed E-state index contributed by atoms with van der Waals surface area (Å²) in [5.74, 6) is 0. The van der Waals surface area contributed by atoms with Crippen molar-refractivity contribution in [1.82, 2.24) is 19.9 Å². The Labute approximate surface area is 303 Å². The largest absolute Gasteiger partial charge is 2.00 e. The predicted octanol–water partition coefficient (Wildman–Crippen LogP) is 10.9. The molecule has 4 nitrogen and oxygen atoms in total. The van der Waals surface area contributed by atoms with Crippen LogP contribution in [0.25, 0.3) is 79.2 Å². The van der Waals surface area contributed by atoms with Crippen molar-refractivity contribution in [3.8, 4) is 33.4 Å². The average molecular weight is 641 g/mol. The van der Waals surface area contributed by atoms with Crippen LogP contribution < -0.4 is 0 Å². The molecule has 0 saturated carbocycles. The number of hydrogen-bond donors (Lipinski definition) is 2. The molecule has 8 bridgehead atoms. The minimum absolute atomic E-state index is 0. The summed E-state index contributed by atoms with van der Waals surface area (Å²) >= 11 is 0. The second-order valence-electron chi connectivity index (χ2n) is 12.0. The first kappa shape index (κ1) is 30.6. The first-order valence-corrected chi connectivity index (χ1v) is 16.2. The molecule has 0 amide bonds. The van der Waals surface area contributed by atoms with Gasteiger partial charge < -0.3 is 12.8 Å². The minimum Gasteiger partial charge on any atom is -1.00 e. The molecule has 0 saturated heterocycles. The van der Waals surface area contributed by atoms with Gasteiger partial charge in [0.15, 0.2) is 0 Å². The smallest absolute Gasteiger partial charge is 1.00 e. The summed E-state index contributed by atoms with van der Waals surface area (Å²) in [5, 5.41) is 0. The molecule has 0 radical (unpaired) electrons. The number of nitrogens with one attached hydrogen (secondary N) is 2. The van der Waals surface area contributed by atoms with E-state index < -0.39 is 0 Å². The molecule has 0 unspecified atom stereocenters. The van der Waals surface area contributed by atoms with E-state index >= 15 is 0 Å². The van der Waals surface area contributed by atoms with Crippen LogP contribution in [-0.2, 0) is 0 Å². The Balaban J connectivity index is 0.00000149. The summed E-state index contributed by atoms with van der Waals surface area (Å²) < 4.78 is 0. The van der Waals surface area contributed by atoms with Gasteiger partial charge in [0, 0.05) is 38.8 Å². The summed E-state index contributed by atoms with van der Waals surface area (Å²) in [7, 11) is 0. The van der Waals surface area contributed by atoms with Crippen molar-refractivity contribution in [1.29, 1.82) is 0 Å². The van der Waals surface area contributed by atoms with Gasteiger partial charge in [-0.1, -0.05) is 121 Å². The maximum absolute atomic E-state index is 5.42. The molecule has 0 atom stereocenters. The van der Waals surface area contributed by atoms with Crippen LogP contribution >= 0.6 is 0 Å². The van der Waals surface area contributed by atoms with Crippen LogP contribution in [0.5, 0.6) is 0 Å². The zero-order chi connectivity index (χ0) is 31.9. The van der Waals surface area contributed by atoms with Crippen molar-refractivity contribution >= 4 is 68.9 Å². The van der Waals surface area contributed by atoms with Crippen molar-refractivity contribution in [2.24, 2.45) is 0 Å². The number of benzene rings is 4. The number of rotatable bonds is 4. The van der Waals surface area contributed by atoms with Crippen LogP contribution in [0, 0.1) is 0 Å². The Morgan fingerprint density at radius 3 is 1.51 bits per heavy atom. The number of nitrogens with zero attached hydrogens (tertiary/aromatic N) is 2. The second kappa shape index (κ2) is 13.0. The third-order valence-corrected chi connectivity index (χ3v) is 8.89. The topological polar surface area (TPSA) is 57.4 Å². The molecule has 2 N–H and O–H groups in total. The Morgan fingerprint density at radius 2 is 0.918 bits per heavy atom. The molecule has 2 aliphatic rings. The SMILES string of the molecule is C1=Cc2cc3[nH]c(c(-c4ccccc4)c4nc(cc5ccc(cc1n2)[nH]5)C=C4c1ccccc1)c(-c1ccccc1)c3-c1ccccc1.[H-].[H-].[Mg+2]. The molecule has 49 heavy (non-hydrogen) atoms. The van der Waals surface area contributed by atoms with Crippen molar-refractivity contribution in [2.45, 2.75) is 0 Å². The fourth-order valence-corrected chi connectivity index (χ4v) is 6.78. The monoisotopic (exact) mass is 640 g/mol. The molecule has 5 heterocycles. The van der Waals surface area contributed by atoms with E-state index in [2.05, 4.69) is 180 Å². The van der Waals surface area contributed by atoms with Crippen molar-refractivity contribution in [3.05, 3.63) is 180 Å². The fourth-order valence-electron chi connectivity index (χ4n) is 6.78. The summed E-state index contributed by atoms with van der Waals surface area (Å²) in [5.41, 5.74) is 16.3. The van der Waals surface area contributed by atoms with Crippen LogP contribution in [0.4, 0.5) is 0 Å². The van der Waals surface area contributed by atoms with Crippen molar-refractivity contribution in [3.63, 3.8) is 0 Å². The van der Waals surface area contributed by atoms with Crippen LogP contribution in [0.2, 0.25) is 0 Å². The van der Waals surface area contributed by atoms with E-state index in [9.17, 15) is 0 Å². The van der Waals surface area contributed by atoms with E-state index in [1.807, 2.05) is 0 Å². The van der Waals surface area contributed by atoms with Crippen molar-refractivity contribution < 1.29 is 2.85 Å². The average Bonchev–Trinajstić information content (AvgIpc) is 3.94. The van der Waals surface area contributed by atoms with Gasteiger partial charge in [-0.05, 0) is 70.8 Å². The molecule has 0 aliphatic carbocycles. The molecule has 0 spiro atoms. The maximum Gasteiger partial charge on any atom is 2.00 e. The fraction of sp³-hybridized carbons (Fsp3) is 0. The normalized spacial score (nSPS) is 12.0. The summed E-state index contributed by atoms with van der Waals surface area (Å²) in [6, 6.07) is 53.0. The number of hydrogen-bond acceptors (Lipinski definition) is 2. The summed E-state index contributed by atoms with van der Waals surface area (Å²) in [6.07, 6.45) is 6.35. The summed E-state index contributed by atoms with van der Waals surface area (Å²) in [4.78, 5) is 17.9. The quantitative estimate of drug-likeness (QED) is 0.188. The summed E-state index contributed by atoms with van der Waals surface area (Å²) in [6.45, 7) is 0. The second-order valence-corrected chi connectivity index (χ2v) is 12.0. The molecular weight excluding hydrogens is 609 g/mol. The molecule has 3 aromatic heterocycles. The molecule has 9 rings (SSSR count). The zero-order valence-electron chi connectivity index (χ0n) is 28.8. The van der Waals surface area contributed by atoms with Gasteiger partial charge >= 0.3 is 23.1 Å². The Kier molecular flexibility index (Phi) is 8.13. The number of fused-ring (bicyclic) bond motifs is 8. The Bertz CT molecular complexity index is 2540. The van der Waals surface area contributed by atoms with Crippen molar-refractivity contribution in [2.75, 3.05) is 0 Å². The van der Waals surface area contributed by atoms with Gasteiger partial charge in [-0.15, -0.1) is 0 Å². The third kappa shape index (κ3) is 5.84. The number of H-pyrrole nitrogens is 2. The van der Waals surface area contributed by atoms with Gasteiger partial charge in [0.05, 0.1) is 28.3 Å². The van der Waals surface area contributed by atoms with Crippen LogP contribution in [0.3, 0.4) is 0 Å². The number of aromatic nitrogens is 4. The molecule has 0 fully saturated rings. The first-order valence-electron chi connectivity index (χ1n) is 16.2. The Hall–Kier alpha value is -5.75. The van der Waals surface area contributed by atoms with E-state index in [1.165, 1.54) is 0 Å². The van der Waals surface area contributed by atoms with Gasteiger partial charge in [-0.2, -0.15) is 0 Å². The van der Waals surface area contributed by atoms with Crippen LogP contribution in [0.15, 0.2) is 152 Å². The van der Waals surface area contributed by atoms with E-state index in [4.69, 9.17) is 9.97 Å². The Morgan fingerprint density at radius 1 is 0.429 bits per heavy atom. The van der Waals surface area contributed by atoms with Gasteiger partial charge in [0.1, 0.15) is 0 Å². The van der Waals surface area contributed by atoms with Gasteiger partial charge in [0.2, 0.25) is 0 Å².